The molecule has 1 aliphatic heterocycles. The summed E-state index contributed by atoms with van der Waals surface area (Å²) in [5.74, 6) is -0.485. The van der Waals surface area contributed by atoms with Gasteiger partial charge in [0.15, 0.2) is 0 Å². The van der Waals surface area contributed by atoms with Gasteiger partial charge < -0.3 is 19.9 Å². The summed E-state index contributed by atoms with van der Waals surface area (Å²) >= 11 is 0. The molecule has 1 aromatic rings. The molecule has 0 aromatic heterocycles. The molecule has 0 bridgehead atoms. The van der Waals surface area contributed by atoms with E-state index in [-0.39, 0.29) is 24.7 Å². The smallest absolute Gasteiger partial charge is 0.308 e. The average Bonchev–Trinajstić information content (AvgIpc) is 2.44. The molecule has 6 heteroatoms. The number of phenols is 1. The highest BCUT2D eigenvalue weighted by Gasteiger charge is 2.42. The molecule has 0 aliphatic carbocycles. The number of nitrogens with one attached hydrogen (secondary N) is 1. The second kappa shape index (κ2) is 6.79. The lowest BCUT2D eigenvalue weighted by molar-refractivity contribution is -0.158. The Bertz CT molecular complexity index is 553. The maximum absolute atomic E-state index is 12.3. The van der Waals surface area contributed by atoms with Gasteiger partial charge >= 0.3 is 5.97 Å². The van der Waals surface area contributed by atoms with Gasteiger partial charge in [-0.2, -0.15) is 0 Å². The highest BCUT2D eigenvalue weighted by molar-refractivity contribution is 5.84. The van der Waals surface area contributed by atoms with Crippen LogP contribution in [0.25, 0.3) is 0 Å². The fourth-order valence-corrected chi connectivity index (χ4v) is 2.25. The van der Waals surface area contributed by atoms with Crippen LogP contribution in [0.3, 0.4) is 0 Å². The van der Waals surface area contributed by atoms with Crippen molar-refractivity contribution in [3.63, 3.8) is 0 Å². The first-order chi connectivity index (χ1) is 10.4. The Labute approximate surface area is 129 Å². The molecule has 120 valence electrons. The SMILES string of the molecule is CCOC(=O)CC(NC(=O)C1(C)COC1)c1cccc(O)c1. The van der Waals surface area contributed by atoms with Gasteiger partial charge in [0.2, 0.25) is 5.91 Å². The molecule has 1 atom stereocenters. The fourth-order valence-electron chi connectivity index (χ4n) is 2.25. The number of rotatable bonds is 6. The Morgan fingerprint density at radius 3 is 2.73 bits per heavy atom. The molecule has 0 saturated carbocycles. The predicted octanol–water partition coefficient (Wildman–Crippen LogP) is 1.54. The summed E-state index contributed by atoms with van der Waals surface area (Å²) < 4.78 is 10.0. The van der Waals surface area contributed by atoms with Crippen molar-refractivity contribution in [2.75, 3.05) is 19.8 Å². The molecule has 1 aromatic carbocycles. The van der Waals surface area contributed by atoms with Crippen LogP contribution in [0.2, 0.25) is 0 Å². The third-order valence-corrected chi connectivity index (χ3v) is 3.64. The monoisotopic (exact) mass is 307 g/mol. The van der Waals surface area contributed by atoms with E-state index in [2.05, 4.69) is 5.32 Å². The molecule has 1 saturated heterocycles. The quantitative estimate of drug-likeness (QED) is 0.779. The highest BCUT2D eigenvalue weighted by Crippen LogP contribution is 2.29. The Kier molecular flexibility index (Phi) is 5.03. The number of esters is 1. The highest BCUT2D eigenvalue weighted by atomic mass is 16.5. The second-order valence-corrected chi connectivity index (χ2v) is 5.68. The van der Waals surface area contributed by atoms with Crippen LogP contribution in [0.4, 0.5) is 0 Å². The first-order valence-corrected chi connectivity index (χ1v) is 7.28. The van der Waals surface area contributed by atoms with Crippen molar-refractivity contribution >= 4 is 11.9 Å². The number of amides is 1. The summed E-state index contributed by atoms with van der Waals surface area (Å²) in [6.07, 6.45) is 0.0139. The van der Waals surface area contributed by atoms with E-state index in [9.17, 15) is 14.7 Å². The number of carbonyl (C=O) groups is 2. The van der Waals surface area contributed by atoms with Crippen LogP contribution in [0.5, 0.6) is 5.75 Å². The number of carbonyl (C=O) groups excluding carboxylic acids is 2. The van der Waals surface area contributed by atoms with Crippen molar-refractivity contribution in [1.29, 1.82) is 0 Å². The Morgan fingerprint density at radius 2 is 2.18 bits per heavy atom. The number of phenolic OH excluding ortho intramolecular Hbond substituents is 1. The second-order valence-electron chi connectivity index (χ2n) is 5.68. The van der Waals surface area contributed by atoms with Crippen LogP contribution in [-0.2, 0) is 19.1 Å². The molecule has 6 nitrogen and oxygen atoms in total. The average molecular weight is 307 g/mol. The zero-order valence-electron chi connectivity index (χ0n) is 12.8. The molecular weight excluding hydrogens is 286 g/mol. The lowest BCUT2D eigenvalue weighted by Gasteiger charge is -2.37. The van der Waals surface area contributed by atoms with E-state index in [1.54, 1.807) is 19.1 Å². The minimum Gasteiger partial charge on any atom is -0.508 e. The van der Waals surface area contributed by atoms with E-state index in [1.807, 2.05) is 6.92 Å². The third-order valence-electron chi connectivity index (χ3n) is 3.64. The Balaban J connectivity index is 2.14. The number of hydrogen-bond donors (Lipinski definition) is 2. The standard InChI is InChI=1S/C16H21NO5/c1-3-22-14(19)8-13(11-5-4-6-12(18)7-11)17-15(20)16(2)9-21-10-16/h4-7,13,18H,3,8-10H2,1-2H3,(H,17,20). The van der Waals surface area contributed by atoms with Crippen molar-refractivity contribution in [3.8, 4) is 5.75 Å². The fraction of sp³-hybridized carbons (Fsp3) is 0.500. The molecule has 22 heavy (non-hydrogen) atoms. The van der Waals surface area contributed by atoms with Gasteiger partial charge in [-0.1, -0.05) is 12.1 Å². The summed E-state index contributed by atoms with van der Waals surface area (Å²) in [7, 11) is 0. The molecule has 1 amide bonds. The molecule has 1 fully saturated rings. The summed E-state index contributed by atoms with van der Waals surface area (Å²) in [6, 6.07) is 5.95. The van der Waals surface area contributed by atoms with E-state index < -0.39 is 17.4 Å². The number of aromatic hydroxyl groups is 1. The van der Waals surface area contributed by atoms with Gasteiger partial charge in [-0.05, 0) is 31.5 Å². The normalized spacial score (nSPS) is 17.2. The number of ether oxygens (including phenoxy) is 2. The van der Waals surface area contributed by atoms with Crippen molar-refractivity contribution in [1.82, 2.24) is 5.32 Å². The first kappa shape index (κ1) is 16.3. The number of benzene rings is 1. The minimum atomic E-state index is -0.566. The molecule has 0 radical (unpaired) electrons. The van der Waals surface area contributed by atoms with Gasteiger partial charge in [0.05, 0.1) is 37.7 Å². The molecular formula is C16H21NO5. The lowest BCUT2D eigenvalue weighted by Crippen LogP contribution is -2.52. The number of hydrogen-bond acceptors (Lipinski definition) is 5. The van der Waals surface area contributed by atoms with Crippen molar-refractivity contribution < 1.29 is 24.2 Å². The van der Waals surface area contributed by atoms with E-state index >= 15 is 0 Å². The first-order valence-electron chi connectivity index (χ1n) is 7.28. The van der Waals surface area contributed by atoms with Gasteiger partial charge in [-0.15, -0.1) is 0 Å². The van der Waals surface area contributed by atoms with Crippen LogP contribution >= 0.6 is 0 Å². The summed E-state index contributed by atoms with van der Waals surface area (Å²) in [5.41, 5.74) is 0.0919. The Hall–Kier alpha value is -2.08. The van der Waals surface area contributed by atoms with E-state index in [4.69, 9.17) is 9.47 Å². The van der Waals surface area contributed by atoms with Crippen LogP contribution in [0.1, 0.15) is 31.9 Å². The van der Waals surface area contributed by atoms with Crippen molar-refractivity contribution in [3.05, 3.63) is 29.8 Å². The van der Waals surface area contributed by atoms with Crippen LogP contribution < -0.4 is 5.32 Å². The molecule has 0 spiro atoms. The molecule has 1 aliphatic rings. The zero-order chi connectivity index (χ0) is 16.2. The predicted molar refractivity (Wildman–Crippen MR) is 79.2 cm³/mol. The van der Waals surface area contributed by atoms with Crippen LogP contribution in [0.15, 0.2) is 24.3 Å². The zero-order valence-corrected chi connectivity index (χ0v) is 12.8. The maximum Gasteiger partial charge on any atom is 0.308 e. The molecule has 2 rings (SSSR count). The molecule has 1 heterocycles. The van der Waals surface area contributed by atoms with E-state index in [1.165, 1.54) is 12.1 Å². The van der Waals surface area contributed by atoms with Crippen molar-refractivity contribution in [2.24, 2.45) is 5.41 Å². The summed E-state index contributed by atoms with van der Waals surface area (Å²) in [6.45, 7) is 4.56. The minimum absolute atomic E-state index is 0.0139. The van der Waals surface area contributed by atoms with Gasteiger partial charge in [0, 0.05) is 0 Å². The summed E-state index contributed by atoms with van der Waals surface area (Å²) in [5, 5.41) is 12.5. The largest absolute Gasteiger partial charge is 0.508 e. The summed E-state index contributed by atoms with van der Waals surface area (Å²) in [4.78, 5) is 24.1. The van der Waals surface area contributed by atoms with E-state index in [0.717, 1.165) is 0 Å². The van der Waals surface area contributed by atoms with Gasteiger partial charge in [0.25, 0.3) is 0 Å². The maximum atomic E-state index is 12.3. The topological polar surface area (TPSA) is 84.9 Å². The van der Waals surface area contributed by atoms with Crippen LogP contribution in [-0.4, -0.2) is 36.8 Å². The molecule has 1 unspecified atom stereocenters. The molecule has 2 N–H and O–H groups in total. The van der Waals surface area contributed by atoms with E-state index in [0.29, 0.717) is 18.8 Å². The van der Waals surface area contributed by atoms with Gasteiger partial charge in [-0.3, -0.25) is 9.59 Å². The lowest BCUT2D eigenvalue weighted by atomic mass is 9.87. The third kappa shape index (κ3) is 3.76. The van der Waals surface area contributed by atoms with Crippen LogP contribution in [0, 0.1) is 5.41 Å². The van der Waals surface area contributed by atoms with Gasteiger partial charge in [-0.25, -0.2) is 0 Å². The van der Waals surface area contributed by atoms with Crippen molar-refractivity contribution in [2.45, 2.75) is 26.3 Å². The Morgan fingerprint density at radius 1 is 1.45 bits per heavy atom. The van der Waals surface area contributed by atoms with Gasteiger partial charge in [0.1, 0.15) is 5.75 Å².